The quantitative estimate of drug-likeness (QED) is 0.637. The number of nitrogens with two attached hydrogens (primary N) is 1. The van der Waals surface area contributed by atoms with Crippen LogP contribution in [0.15, 0.2) is 30.6 Å². The van der Waals surface area contributed by atoms with E-state index >= 15 is 0 Å². The van der Waals surface area contributed by atoms with Crippen molar-refractivity contribution in [3.05, 3.63) is 42.0 Å². The van der Waals surface area contributed by atoms with Gasteiger partial charge in [-0.25, -0.2) is 4.98 Å². The number of aromatic nitrogens is 2. The molecule has 2 aromatic rings. The van der Waals surface area contributed by atoms with Gasteiger partial charge in [-0.2, -0.15) is 0 Å². The lowest BCUT2D eigenvalue weighted by Crippen LogP contribution is -2.10. The Morgan fingerprint density at radius 3 is 2.82 bits per heavy atom. The van der Waals surface area contributed by atoms with Crippen molar-refractivity contribution in [2.45, 2.75) is 0 Å². The van der Waals surface area contributed by atoms with E-state index in [0.29, 0.717) is 22.8 Å². The zero-order valence-corrected chi connectivity index (χ0v) is 9.68. The number of methoxy groups -OCH3 is 1. The molecule has 0 fully saturated rings. The fourth-order valence-corrected chi connectivity index (χ4v) is 1.61. The number of anilines is 1. The molecule has 5 nitrogen and oxygen atoms in total. The second kappa shape index (κ2) is 4.29. The number of aryl methyl sites for hydroxylation is 1. The van der Waals surface area contributed by atoms with Gasteiger partial charge in [0.15, 0.2) is 5.82 Å². The molecule has 0 bridgehead atoms. The van der Waals surface area contributed by atoms with Crippen molar-refractivity contribution in [1.82, 2.24) is 9.55 Å². The molecule has 1 aromatic heterocycles. The molecule has 0 aliphatic rings. The molecule has 0 saturated heterocycles. The van der Waals surface area contributed by atoms with Crippen LogP contribution in [-0.4, -0.2) is 22.4 Å². The van der Waals surface area contributed by atoms with Gasteiger partial charge in [-0.1, -0.05) is 0 Å². The Morgan fingerprint density at radius 2 is 2.24 bits per heavy atom. The van der Waals surface area contributed by atoms with Crippen LogP contribution in [-0.2, 0) is 7.05 Å². The maximum absolute atomic E-state index is 12.2. The van der Waals surface area contributed by atoms with E-state index in [2.05, 4.69) is 4.98 Å². The molecule has 0 aliphatic heterocycles. The van der Waals surface area contributed by atoms with E-state index in [1.54, 1.807) is 42.2 Å². The van der Waals surface area contributed by atoms with E-state index in [0.717, 1.165) is 0 Å². The second-order valence-electron chi connectivity index (χ2n) is 3.65. The molecule has 0 saturated carbocycles. The van der Waals surface area contributed by atoms with E-state index in [-0.39, 0.29) is 5.78 Å². The lowest BCUT2D eigenvalue weighted by atomic mass is 10.1. The molecule has 2 N–H and O–H groups in total. The predicted molar refractivity (Wildman–Crippen MR) is 64.0 cm³/mol. The zero-order valence-electron chi connectivity index (χ0n) is 9.68. The highest BCUT2D eigenvalue weighted by molar-refractivity contribution is 6.09. The molecule has 0 spiro atoms. The lowest BCUT2D eigenvalue weighted by Gasteiger charge is -2.08. The molecule has 17 heavy (non-hydrogen) atoms. The fraction of sp³-hybridized carbons (Fsp3) is 0.167. The maximum Gasteiger partial charge on any atom is 0.232 e. The topological polar surface area (TPSA) is 70.1 Å². The van der Waals surface area contributed by atoms with Crippen LogP contribution in [0.5, 0.6) is 5.75 Å². The number of rotatable bonds is 3. The molecule has 1 heterocycles. The number of nitrogens with zero attached hydrogens (tertiary/aromatic N) is 2. The number of hydrogen-bond acceptors (Lipinski definition) is 4. The Bertz CT molecular complexity index is 561. The predicted octanol–water partition coefficient (Wildman–Crippen LogP) is 1.24. The maximum atomic E-state index is 12.2. The number of ketones is 1. The molecule has 0 atom stereocenters. The summed E-state index contributed by atoms with van der Waals surface area (Å²) in [7, 11) is 3.28. The van der Waals surface area contributed by atoms with Crippen molar-refractivity contribution >= 4 is 11.5 Å². The number of carbonyl (C=O) groups excluding carboxylic acids is 1. The first kappa shape index (κ1) is 11.2. The van der Waals surface area contributed by atoms with Crippen molar-refractivity contribution in [3.63, 3.8) is 0 Å². The van der Waals surface area contributed by atoms with Gasteiger partial charge in [-0.3, -0.25) is 4.79 Å². The summed E-state index contributed by atoms with van der Waals surface area (Å²) < 4.78 is 6.80. The van der Waals surface area contributed by atoms with Gasteiger partial charge in [-0.15, -0.1) is 0 Å². The van der Waals surface area contributed by atoms with Crippen LogP contribution in [0.1, 0.15) is 16.2 Å². The van der Waals surface area contributed by atoms with Gasteiger partial charge in [0.25, 0.3) is 0 Å². The number of nitrogen functional groups attached to an aromatic ring is 1. The summed E-state index contributed by atoms with van der Waals surface area (Å²) in [4.78, 5) is 16.3. The second-order valence-corrected chi connectivity index (χ2v) is 3.65. The number of hydrogen-bond donors (Lipinski definition) is 1. The number of benzene rings is 1. The Hall–Kier alpha value is -2.30. The average molecular weight is 231 g/mol. The van der Waals surface area contributed by atoms with Crippen molar-refractivity contribution in [1.29, 1.82) is 0 Å². The third kappa shape index (κ3) is 1.99. The normalized spacial score (nSPS) is 10.2. The van der Waals surface area contributed by atoms with Gasteiger partial charge in [0, 0.05) is 25.1 Å². The molecular weight excluding hydrogens is 218 g/mol. The summed E-state index contributed by atoms with van der Waals surface area (Å²) in [6.45, 7) is 0. The monoisotopic (exact) mass is 231 g/mol. The van der Waals surface area contributed by atoms with E-state index < -0.39 is 0 Å². The highest BCUT2D eigenvalue weighted by Crippen LogP contribution is 2.23. The largest absolute Gasteiger partial charge is 0.496 e. The van der Waals surface area contributed by atoms with Crippen LogP contribution in [0, 0.1) is 0 Å². The SMILES string of the molecule is COc1ccc(N)cc1C(=O)c1nccn1C. The summed E-state index contributed by atoms with van der Waals surface area (Å²) in [6, 6.07) is 4.95. The smallest absolute Gasteiger partial charge is 0.232 e. The van der Waals surface area contributed by atoms with Crippen LogP contribution in [0.2, 0.25) is 0 Å². The Balaban J connectivity index is 2.50. The summed E-state index contributed by atoms with van der Waals surface area (Å²) >= 11 is 0. The van der Waals surface area contributed by atoms with Crippen LogP contribution < -0.4 is 10.5 Å². The van der Waals surface area contributed by atoms with E-state index in [9.17, 15) is 4.79 Å². The summed E-state index contributed by atoms with van der Waals surface area (Å²) in [6.07, 6.45) is 3.29. The average Bonchev–Trinajstić information content (AvgIpc) is 2.74. The third-order valence-corrected chi connectivity index (χ3v) is 2.49. The molecule has 0 aliphatic carbocycles. The first-order valence-corrected chi connectivity index (χ1v) is 5.09. The molecule has 0 unspecified atom stereocenters. The molecule has 2 rings (SSSR count). The van der Waals surface area contributed by atoms with Crippen molar-refractivity contribution < 1.29 is 9.53 Å². The van der Waals surface area contributed by atoms with Gasteiger partial charge in [-0.05, 0) is 18.2 Å². The Labute approximate surface area is 98.8 Å². The molecule has 5 heteroatoms. The number of carbonyl (C=O) groups is 1. The summed E-state index contributed by atoms with van der Waals surface area (Å²) in [5.74, 6) is 0.641. The van der Waals surface area contributed by atoms with Gasteiger partial charge in [0.2, 0.25) is 5.78 Å². The van der Waals surface area contributed by atoms with Crippen LogP contribution in [0.3, 0.4) is 0 Å². The van der Waals surface area contributed by atoms with Crippen LogP contribution in [0.25, 0.3) is 0 Å². The van der Waals surface area contributed by atoms with Crippen molar-refractivity contribution in [3.8, 4) is 5.75 Å². The van der Waals surface area contributed by atoms with Gasteiger partial charge in [0.1, 0.15) is 5.75 Å². The highest BCUT2D eigenvalue weighted by Gasteiger charge is 2.18. The molecule has 88 valence electrons. The van der Waals surface area contributed by atoms with Gasteiger partial charge >= 0.3 is 0 Å². The van der Waals surface area contributed by atoms with Crippen molar-refractivity contribution in [2.75, 3.05) is 12.8 Å². The van der Waals surface area contributed by atoms with E-state index in [1.807, 2.05) is 0 Å². The lowest BCUT2D eigenvalue weighted by molar-refractivity contribution is 0.102. The van der Waals surface area contributed by atoms with Gasteiger partial charge < -0.3 is 15.0 Å². The zero-order chi connectivity index (χ0) is 12.4. The third-order valence-electron chi connectivity index (χ3n) is 2.49. The first-order valence-electron chi connectivity index (χ1n) is 5.09. The summed E-state index contributed by atoms with van der Waals surface area (Å²) in [5.41, 5.74) is 6.61. The minimum Gasteiger partial charge on any atom is -0.496 e. The molecule has 0 radical (unpaired) electrons. The molecular formula is C12H13N3O2. The highest BCUT2D eigenvalue weighted by atomic mass is 16.5. The summed E-state index contributed by atoms with van der Waals surface area (Å²) in [5, 5.41) is 0. The standard InChI is InChI=1S/C12H13N3O2/c1-15-6-5-14-12(15)11(16)9-7-8(13)3-4-10(9)17-2/h3-7H,13H2,1-2H3. The number of ether oxygens (including phenoxy) is 1. The van der Waals surface area contributed by atoms with Crippen LogP contribution >= 0.6 is 0 Å². The molecule has 1 aromatic carbocycles. The Kier molecular flexibility index (Phi) is 2.82. The van der Waals surface area contributed by atoms with Crippen molar-refractivity contribution in [2.24, 2.45) is 7.05 Å². The fourth-order valence-electron chi connectivity index (χ4n) is 1.61. The minimum atomic E-state index is -0.207. The number of imidazole rings is 1. The van der Waals surface area contributed by atoms with E-state index in [4.69, 9.17) is 10.5 Å². The van der Waals surface area contributed by atoms with E-state index in [1.165, 1.54) is 7.11 Å². The minimum absolute atomic E-state index is 0.207. The first-order chi connectivity index (χ1) is 8.13. The van der Waals surface area contributed by atoms with Crippen LogP contribution in [0.4, 0.5) is 5.69 Å². The Morgan fingerprint density at radius 1 is 1.47 bits per heavy atom. The molecule has 0 amide bonds. The van der Waals surface area contributed by atoms with Gasteiger partial charge in [0.05, 0.1) is 12.7 Å².